The zero-order valence-corrected chi connectivity index (χ0v) is 25.7. The Bertz CT molecular complexity index is 1190. The van der Waals surface area contributed by atoms with E-state index < -0.39 is 0 Å². The second-order valence-electron chi connectivity index (χ2n) is 9.45. The van der Waals surface area contributed by atoms with E-state index in [0.29, 0.717) is 0 Å². The van der Waals surface area contributed by atoms with Crippen molar-refractivity contribution in [2.45, 2.75) is 13.1 Å². The normalized spacial score (nSPS) is 10.7. The summed E-state index contributed by atoms with van der Waals surface area (Å²) in [5.41, 5.74) is 7.39. The van der Waals surface area contributed by atoms with Crippen LogP contribution in [0.5, 0.6) is 0 Å². The fourth-order valence-corrected chi connectivity index (χ4v) is 3.93. The molecule has 0 atom stereocenters. The number of benzene rings is 2. The molecule has 0 aliphatic rings. The lowest BCUT2D eigenvalue weighted by Crippen LogP contribution is -3.00. The molecule has 0 fully saturated rings. The maximum absolute atomic E-state index is 2.20. The molecule has 0 radical (unpaired) electrons. The van der Waals surface area contributed by atoms with Crippen LogP contribution in [0.4, 0.5) is 11.4 Å². The van der Waals surface area contributed by atoms with Crippen LogP contribution in [-0.4, -0.2) is 28.2 Å². The fourth-order valence-electron chi connectivity index (χ4n) is 3.93. The average molecular weight is 636 g/mol. The molecule has 2 aromatic carbocycles. The third-order valence-electron chi connectivity index (χ3n) is 6.16. The summed E-state index contributed by atoms with van der Waals surface area (Å²) in [5.74, 6) is 0. The van der Waals surface area contributed by atoms with Gasteiger partial charge in [-0.2, -0.15) is 0 Å². The van der Waals surface area contributed by atoms with E-state index in [1.54, 1.807) is 0 Å². The largest absolute Gasteiger partial charge is 1.00 e. The third kappa shape index (κ3) is 9.26. The molecule has 0 aliphatic heterocycles. The van der Waals surface area contributed by atoms with Crippen LogP contribution in [0.2, 0.25) is 0 Å². The van der Waals surface area contributed by atoms with Crippen LogP contribution in [0.15, 0.2) is 110 Å². The first kappa shape index (κ1) is 31.0. The molecule has 0 aliphatic carbocycles. The smallest absolute Gasteiger partial charge is 0.173 e. The highest BCUT2D eigenvalue weighted by molar-refractivity contribution is 5.57. The van der Waals surface area contributed by atoms with E-state index in [2.05, 4.69) is 169 Å². The van der Waals surface area contributed by atoms with Crippen LogP contribution >= 0.6 is 0 Å². The zero-order chi connectivity index (χ0) is 25.3. The summed E-state index contributed by atoms with van der Waals surface area (Å²) in [6.45, 7) is 1.74. The zero-order valence-electron chi connectivity index (χ0n) is 22.5. The highest BCUT2D eigenvalue weighted by Gasteiger charge is 2.05. The van der Waals surface area contributed by atoms with Crippen molar-refractivity contribution >= 4 is 23.5 Å². The van der Waals surface area contributed by atoms with Gasteiger partial charge in [0.05, 0.1) is 0 Å². The Kier molecular flexibility index (Phi) is 12.4. The summed E-state index contributed by atoms with van der Waals surface area (Å²) in [6, 6.07) is 26.0. The molecule has 2 aromatic heterocycles. The van der Waals surface area contributed by atoms with E-state index in [1.165, 1.54) is 33.6 Å². The summed E-state index contributed by atoms with van der Waals surface area (Å²) in [7, 11) is 8.24. The maximum atomic E-state index is 2.20. The van der Waals surface area contributed by atoms with E-state index >= 15 is 0 Å². The van der Waals surface area contributed by atoms with Crippen molar-refractivity contribution in [1.29, 1.82) is 0 Å². The molecular formula is C32H36Br2N4. The lowest BCUT2D eigenvalue weighted by Gasteiger charge is -2.10. The van der Waals surface area contributed by atoms with Crippen LogP contribution in [0.1, 0.15) is 22.3 Å². The van der Waals surface area contributed by atoms with Crippen molar-refractivity contribution < 1.29 is 43.1 Å². The third-order valence-corrected chi connectivity index (χ3v) is 6.16. The molecule has 0 saturated carbocycles. The molecule has 0 bridgehead atoms. The van der Waals surface area contributed by atoms with E-state index in [-0.39, 0.29) is 34.0 Å². The minimum Gasteiger partial charge on any atom is -1.00 e. The van der Waals surface area contributed by atoms with Crippen molar-refractivity contribution in [2.75, 3.05) is 38.0 Å². The number of allylic oxidation sites excluding steroid dienone is 2. The summed E-state index contributed by atoms with van der Waals surface area (Å²) >= 11 is 0. The highest BCUT2D eigenvalue weighted by atomic mass is 79.9. The molecule has 0 amide bonds. The van der Waals surface area contributed by atoms with Gasteiger partial charge in [-0.25, -0.2) is 9.13 Å². The maximum Gasteiger partial charge on any atom is 0.173 e. The molecule has 38 heavy (non-hydrogen) atoms. The molecule has 4 nitrogen and oxygen atoms in total. The van der Waals surface area contributed by atoms with E-state index in [1.807, 2.05) is 0 Å². The first-order valence-corrected chi connectivity index (χ1v) is 12.3. The number of rotatable bonds is 9. The van der Waals surface area contributed by atoms with Gasteiger partial charge >= 0.3 is 0 Å². The molecule has 198 valence electrons. The summed E-state index contributed by atoms with van der Waals surface area (Å²) in [4.78, 5) is 4.22. The number of halogens is 2. The Hall–Kier alpha value is -3.22. The van der Waals surface area contributed by atoms with Gasteiger partial charge in [-0.3, -0.25) is 0 Å². The first-order chi connectivity index (χ1) is 17.5. The Morgan fingerprint density at radius 2 is 0.816 bits per heavy atom. The summed E-state index contributed by atoms with van der Waals surface area (Å²) in [6.07, 6.45) is 17.0. The monoisotopic (exact) mass is 634 g/mol. The molecule has 4 aromatic rings. The molecule has 0 saturated heterocycles. The number of nitrogens with zero attached hydrogens (tertiary/aromatic N) is 4. The topological polar surface area (TPSA) is 14.2 Å². The Morgan fingerprint density at radius 3 is 1.11 bits per heavy atom. The van der Waals surface area contributed by atoms with Crippen molar-refractivity contribution in [1.82, 2.24) is 0 Å². The first-order valence-electron chi connectivity index (χ1n) is 12.3. The van der Waals surface area contributed by atoms with Gasteiger partial charge in [-0.1, -0.05) is 72.8 Å². The molecule has 0 N–H and O–H groups in total. The van der Waals surface area contributed by atoms with E-state index in [0.717, 1.165) is 13.1 Å². The second kappa shape index (κ2) is 15.3. The van der Waals surface area contributed by atoms with Gasteiger partial charge in [0.2, 0.25) is 0 Å². The number of hydrogen-bond donors (Lipinski definition) is 0. The SMILES string of the molecule is CN(C)c1cc[n+](Cc2ccc(C=CC=Cc3ccc(C[n+]4ccc(N(C)C)cc4)cc3)cc2)cc1.[Br-].[Br-]. The predicted molar refractivity (Wildman–Crippen MR) is 151 cm³/mol. The minimum atomic E-state index is 0. The van der Waals surface area contributed by atoms with E-state index in [9.17, 15) is 0 Å². The molecule has 0 unspecified atom stereocenters. The Morgan fingerprint density at radius 1 is 0.500 bits per heavy atom. The number of anilines is 2. The van der Waals surface area contributed by atoms with Crippen molar-refractivity contribution in [3.05, 3.63) is 132 Å². The van der Waals surface area contributed by atoms with Crippen molar-refractivity contribution in [2.24, 2.45) is 0 Å². The van der Waals surface area contributed by atoms with E-state index in [4.69, 9.17) is 0 Å². The van der Waals surface area contributed by atoms with Gasteiger partial charge in [0.15, 0.2) is 37.9 Å². The van der Waals surface area contributed by atoms with Gasteiger partial charge in [0.1, 0.15) is 0 Å². The van der Waals surface area contributed by atoms with Crippen molar-refractivity contribution in [3.63, 3.8) is 0 Å². The number of aromatic nitrogens is 2. The fraction of sp³-hybridized carbons (Fsp3) is 0.188. The average Bonchev–Trinajstić information content (AvgIpc) is 2.89. The standard InChI is InChI=1S/C32H36N4.2BrH/c1-33(2)31-17-21-35(22-18-31)25-29-13-9-27(10-14-29)7-5-6-8-28-11-15-30(16-12-28)26-36-23-19-32(20-24-36)34(3)4;;/h5-24H,25-26H2,1-4H3;2*1H/q+2;;/p-2. The number of pyridine rings is 2. The molecule has 6 heteroatoms. The molecule has 2 heterocycles. The van der Waals surface area contributed by atoms with Gasteiger partial charge in [0, 0.05) is 75.0 Å². The predicted octanol–water partition coefficient (Wildman–Crippen LogP) is -0.775. The summed E-state index contributed by atoms with van der Waals surface area (Å²) in [5, 5.41) is 0. The van der Waals surface area contributed by atoms with Crippen LogP contribution in [-0.2, 0) is 13.1 Å². The molecular weight excluding hydrogens is 600 g/mol. The summed E-state index contributed by atoms with van der Waals surface area (Å²) < 4.78 is 4.40. The lowest BCUT2D eigenvalue weighted by atomic mass is 10.1. The van der Waals surface area contributed by atoms with Crippen LogP contribution in [0.3, 0.4) is 0 Å². The van der Waals surface area contributed by atoms with Crippen LogP contribution < -0.4 is 52.9 Å². The Labute approximate surface area is 248 Å². The van der Waals surface area contributed by atoms with Gasteiger partial charge in [-0.05, 0) is 11.1 Å². The van der Waals surface area contributed by atoms with Gasteiger partial charge < -0.3 is 43.8 Å². The minimum absolute atomic E-state index is 0. The highest BCUT2D eigenvalue weighted by Crippen LogP contribution is 2.11. The van der Waals surface area contributed by atoms with Gasteiger partial charge in [0.25, 0.3) is 0 Å². The van der Waals surface area contributed by atoms with Crippen molar-refractivity contribution in [3.8, 4) is 0 Å². The second-order valence-corrected chi connectivity index (χ2v) is 9.45. The Balaban J connectivity index is 0.00000253. The van der Waals surface area contributed by atoms with Crippen LogP contribution in [0.25, 0.3) is 12.2 Å². The van der Waals surface area contributed by atoms with Gasteiger partial charge in [-0.15, -0.1) is 0 Å². The molecule has 0 spiro atoms. The number of hydrogen-bond acceptors (Lipinski definition) is 2. The molecule has 4 rings (SSSR count). The lowest BCUT2D eigenvalue weighted by molar-refractivity contribution is -0.688. The van der Waals surface area contributed by atoms with Crippen LogP contribution in [0, 0.1) is 0 Å². The quantitative estimate of drug-likeness (QED) is 0.177.